The SMILES string of the molecule is C[C@H](Oc1ccc(S(C)(=O)=O)cc1C(=O)N1CCc2cc(Br)ccc21)C(F)(F)F. The molecule has 0 bridgehead atoms. The molecule has 1 aliphatic heterocycles. The van der Waals surface area contributed by atoms with E-state index in [0.717, 1.165) is 41.4 Å². The number of hydrogen-bond acceptors (Lipinski definition) is 4. The molecular weight excluding hydrogens is 475 g/mol. The van der Waals surface area contributed by atoms with E-state index in [0.29, 0.717) is 18.7 Å². The predicted molar refractivity (Wildman–Crippen MR) is 105 cm³/mol. The van der Waals surface area contributed by atoms with Crippen molar-refractivity contribution >= 4 is 37.4 Å². The molecule has 0 fully saturated rings. The van der Waals surface area contributed by atoms with Crippen molar-refractivity contribution in [2.75, 3.05) is 17.7 Å². The number of rotatable bonds is 4. The third kappa shape index (κ3) is 4.58. The molecule has 0 N–H and O–H groups in total. The van der Waals surface area contributed by atoms with Crippen LogP contribution in [0.1, 0.15) is 22.8 Å². The van der Waals surface area contributed by atoms with Crippen molar-refractivity contribution in [3.8, 4) is 5.75 Å². The number of halogens is 4. The van der Waals surface area contributed by atoms with E-state index in [2.05, 4.69) is 15.9 Å². The molecular formula is C19H17BrF3NO4S. The van der Waals surface area contributed by atoms with Crippen LogP contribution in [0.3, 0.4) is 0 Å². The smallest absolute Gasteiger partial charge is 0.425 e. The number of fused-ring (bicyclic) bond motifs is 1. The average molecular weight is 492 g/mol. The van der Waals surface area contributed by atoms with Gasteiger partial charge in [-0.25, -0.2) is 8.42 Å². The van der Waals surface area contributed by atoms with Crippen molar-refractivity contribution in [2.24, 2.45) is 0 Å². The number of carbonyl (C=O) groups excluding carboxylic acids is 1. The number of amides is 1. The monoisotopic (exact) mass is 491 g/mol. The van der Waals surface area contributed by atoms with E-state index in [9.17, 15) is 26.4 Å². The fourth-order valence-corrected chi connectivity index (χ4v) is 4.05. The summed E-state index contributed by atoms with van der Waals surface area (Å²) in [6.07, 6.45) is -5.28. The molecule has 0 radical (unpaired) electrons. The summed E-state index contributed by atoms with van der Waals surface area (Å²) in [6.45, 7) is 1.14. The average Bonchev–Trinajstić information content (AvgIpc) is 3.02. The summed E-state index contributed by atoms with van der Waals surface area (Å²) in [7, 11) is -3.68. The van der Waals surface area contributed by atoms with Gasteiger partial charge < -0.3 is 9.64 Å². The van der Waals surface area contributed by atoms with Gasteiger partial charge in [0.15, 0.2) is 15.9 Å². The van der Waals surface area contributed by atoms with Crippen molar-refractivity contribution in [1.29, 1.82) is 0 Å². The van der Waals surface area contributed by atoms with Gasteiger partial charge in [-0.1, -0.05) is 15.9 Å². The number of ether oxygens (including phenoxy) is 1. The number of hydrogen-bond donors (Lipinski definition) is 0. The van der Waals surface area contributed by atoms with Gasteiger partial charge in [0.25, 0.3) is 5.91 Å². The van der Waals surface area contributed by atoms with Crippen molar-refractivity contribution < 1.29 is 31.1 Å². The molecule has 1 heterocycles. The molecule has 3 rings (SSSR count). The van der Waals surface area contributed by atoms with Crippen LogP contribution in [0, 0.1) is 0 Å². The Morgan fingerprint density at radius 1 is 1.21 bits per heavy atom. The second-order valence-corrected chi connectivity index (χ2v) is 9.64. The second kappa shape index (κ2) is 7.64. The lowest BCUT2D eigenvalue weighted by Crippen LogP contribution is -2.33. The quantitative estimate of drug-likeness (QED) is 0.636. The van der Waals surface area contributed by atoms with E-state index < -0.39 is 28.0 Å². The van der Waals surface area contributed by atoms with Gasteiger partial charge in [0.05, 0.1) is 10.5 Å². The summed E-state index contributed by atoms with van der Waals surface area (Å²) in [5.41, 5.74) is 1.29. The van der Waals surface area contributed by atoms with Crippen LogP contribution in [0.2, 0.25) is 0 Å². The van der Waals surface area contributed by atoms with Gasteiger partial charge in [0.1, 0.15) is 5.75 Å². The summed E-state index contributed by atoms with van der Waals surface area (Å²) in [4.78, 5) is 14.4. The predicted octanol–water partition coefficient (Wildman–Crippen LogP) is 4.39. The largest absolute Gasteiger partial charge is 0.480 e. The fraction of sp³-hybridized carbons (Fsp3) is 0.316. The molecule has 156 valence electrons. The standard InChI is InChI=1S/C19H17BrF3NO4S/c1-11(19(21,22)23)28-17-6-4-14(29(2,26)27)10-15(17)18(25)24-8-7-12-9-13(20)3-5-16(12)24/h3-6,9-11H,7-8H2,1-2H3/t11-/m0/s1. The maximum Gasteiger partial charge on any atom is 0.425 e. The van der Waals surface area contributed by atoms with Crippen LogP contribution in [-0.2, 0) is 16.3 Å². The fourth-order valence-electron chi connectivity index (χ4n) is 2.99. The first-order valence-electron chi connectivity index (χ1n) is 8.55. The minimum atomic E-state index is -4.64. The molecule has 5 nitrogen and oxygen atoms in total. The Bertz CT molecular complexity index is 1070. The molecule has 0 spiro atoms. The molecule has 2 aromatic rings. The Morgan fingerprint density at radius 3 is 2.52 bits per heavy atom. The molecule has 0 aliphatic carbocycles. The molecule has 1 amide bonds. The van der Waals surface area contributed by atoms with E-state index in [4.69, 9.17) is 4.74 Å². The number of nitrogens with zero attached hydrogens (tertiary/aromatic N) is 1. The molecule has 2 aromatic carbocycles. The highest BCUT2D eigenvalue weighted by Gasteiger charge is 2.39. The van der Waals surface area contributed by atoms with Crippen molar-refractivity contribution in [2.45, 2.75) is 30.5 Å². The van der Waals surface area contributed by atoms with E-state index in [1.807, 2.05) is 6.07 Å². The topological polar surface area (TPSA) is 63.7 Å². The number of sulfone groups is 1. The third-order valence-electron chi connectivity index (χ3n) is 4.56. The first-order valence-corrected chi connectivity index (χ1v) is 11.2. The van der Waals surface area contributed by atoms with Crippen LogP contribution < -0.4 is 9.64 Å². The maximum absolute atomic E-state index is 13.2. The lowest BCUT2D eigenvalue weighted by Gasteiger charge is -2.23. The summed E-state index contributed by atoms with van der Waals surface area (Å²) < 4.78 is 68.5. The van der Waals surface area contributed by atoms with E-state index in [1.165, 1.54) is 4.90 Å². The summed E-state index contributed by atoms with van der Waals surface area (Å²) in [5.74, 6) is -0.946. The third-order valence-corrected chi connectivity index (χ3v) is 6.16. The minimum Gasteiger partial charge on any atom is -0.480 e. The molecule has 0 aromatic heterocycles. The van der Waals surface area contributed by atoms with Gasteiger partial charge >= 0.3 is 6.18 Å². The Kier molecular flexibility index (Phi) is 5.70. The highest BCUT2D eigenvalue weighted by Crippen LogP contribution is 2.35. The Morgan fingerprint density at radius 2 is 1.90 bits per heavy atom. The molecule has 0 saturated carbocycles. The van der Waals surface area contributed by atoms with Gasteiger partial charge in [-0.15, -0.1) is 0 Å². The summed E-state index contributed by atoms with van der Waals surface area (Å²) >= 11 is 3.36. The first kappa shape index (κ1) is 21.6. The Balaban J connectivity index is 2.05. The van der Waals surface area contributed by atoms with Crippen molar-refractivity contribution in [1.82, 2.24) is 0 Å². The summed E-state index contributed by atoms with van der Waals surface area (Å²) in [6, 6.07) is 8.61. The lowest BCUT2D eigenvalue weighted by molar-refractivity contribution is -0.189. The summed E-state index contributed by atoms with van der Waals surface area (Å²) in [5, 5.41) is 0. The Hall–Kier alpha value is -2.07. The van der Waals surface area contributed by atoms with Gasteiger partial charge in [0.2, 0.25) is 0 Å². The zero-order valence-electron chi connectivity index (χ0n) is 15.5. The molecule has 0 unspecified atom stereocenters. The zero-order chi connectivity index (χ0) is 21.6. The lowest BCUT2D eigenvalue weighted by atomic mass is 10.1. The molecule has 10 heteroatoms. The van der Waals surface area contributed by atoms with Crippen LogP contribution in [0.15, 0.2) is 45.8 Å². The van der Waals surface area contributed by atoms with Gasteiger partial charge in [-0.2, -0.15) is 13.2 Å². The first-order chi connectivity index (χ1) is 13.4. The molecule has 1 atom stereocenters. The highest BCUT2D eigenvalue weighted by atomic mass is 79.9. The van der Waals surface area contributed by atoms with E-state index in [-0.39, 0.29) is 16.2 Å². The van der Waals surface area contributed by atoms with Crippen molar-refractivity contribution in [3.05, 3.63) is 52.0 Å². The molecule has 0 saturated heterocycles. The number of benzene rings is 2. The van der Waals surface area contributed by atoms with Gasteiger partial charge in [-0.3, -0.25) is 4.79 Å². The van der Waals surface area contributed by atoms with E-state index in [1.54, 1.807) is 12.1 Å². The van der Waals surface area contributed by atoms with Crippen LogP contribution in [-0.4, -0.2) is 39.4 Å². The highest BCUT2D eigenvalue weighted by molar-refractivity contribution is 9.10. The van der Waals surface area contributed by atoms with Crippen LogP contribution in [0.25, 0.3) is 0 Å². The second-order valence-electron chi connectivity index (χ2n) is 6.71. The number of carbonyl (C=O) groups is 1. The van der Waals surface area contributed by atoms with Crippen LogP contribution >= 0.6 is 15.9 Å². The van der Waals surface area contributed by atoms with Crippen LogP contribution in [0.5, 0.6) is 5.75 Å². The number of alkyl halides is 3. The zero-order valence-corrected chi connectivity index (χ0v) is 17.9. The molecule has 29 heavy (non-hydrogen) atoms. The normalized spacial score (nSPS) is 15.2. The Labute approximate surface area is 174 Å². The van der Waals surface area contributed by atoms with Crippen molar-refractivity contribution in [3.63, 3.8) is 0 Å². The number of anilines is 1. The maximum atomic E-state index is 13.2. The molecule has 1 aliphatic rings. The minimum absolute atomic E-state index is 0.178. The van der Waals surface area contributed by atoms with Gasteiger partial charge in [-0.05, 0) is 55.3 Å². The van der Waals surface area contributed by atoms with Gasteiger partial charge in [0, 0.05) is 23.0 Å². The van der Waals surface area contributed by atoms with E-state index >= 15 is 0 Å². The van der Waals surface area contributed by atoms with Crippen LogP contribution in [0.4, 0.5) is 18.9 Å².